The largest absolute Gasteiger partial charge is 0.308 e. The number of thiophene rings is 3. The molecule has 0 aliphatic heterocycles. The van der Waals surface area contributed by atoms with E-state index < -0.39 is 0 Å². The summed E-state index contributed by atoms with van der Waals surface area (Å²) in [6.45, 7) is 0. The van der Waals surface area contributed by atoms with Gasteiger partial charge in [-0.3, -0.25) is 9.55 Å². The van der Waals surface area contributed by atoms with Gasteiger partial charge in [0.2, 0.25) is 0 Å². The van der Waals surface area contributed by atoms with E-state index in [9.17, 15) is 0 Å². The second kappa shape index (κ2) is 33.0. The van der Waals surface area contributed by atoms with Crippen molar-refractivity contribution in [2.75, 3.05) is 0 Å². The number of hydrogen-bond donors (Lipinski definition) is 0. The Morgan fingerprint density at radius 3 is 0.876 bits per heavy atom. The van der Waals surface area contributed by atoms with Gasteiger partial charge in [0.25, 0.3) is 0 Å². The molecule has 0 spiro atoms. The van der Waals surface area contributed by atoms with Crippen LogP contribution in [0.5, 0.6) is 0 Å². The number of aromatic nitrogens is 11. The van der Waals surface area contributed by atoms with Crippen LogP contribution in [0.3, 0.4) is 0 Å². The Hall–Kier alpha value is -18.6. The van der Waals surface area contributed by atoms with Gasteiger partial charge in [-0.2, -0.15) is 0 Å². The van der Waals surface area contributed by atoms with Crippen LogP contribution in [-0.4, -0.2) is 52.3 Å². The Morgan fingerprint density at radius 1 is 0.186 bits per heavy atom. The minimum atomic E-state index is 0.697. The van der Waals surface area contributed by atoms with Crippen LogP contribution >= 0.6 is 34.0 Å². The van der Waals surface area contributed by atoms with Crippen LogP contribution in [0.15, 0.2) is 480 Å². The Balaban J connectivity index is 0.000000102. The van der Waals surface area contributed by atoms with Crippen LogP contribution in [0.4, 0.5) is 0 Å². The van der Waals surface area contributed by atoms with Crippen molar-refractivity contribution in [3.8, 4) is 79.5 Å². The van der Waals surface area contributed by atoms with Gasteiger partial charge in [0, 0.05) is 174 Å². The summed E-state index contributed by atoms with van der Waals surface area (Å²) in [6, 6.07) is 167. The molecular weight excluding hydrogens is 1820 g/mol. The number of para-hydroxylation sites is 9. The molecule has 12 heterocycles. The molecule has 0 saturated heterocycles. The van der Waals surface area contributed by atoms with Gasteiger partial charge in [-0.25, -0.2) is 19.9 Å². The molecule has 0 saturated carbocycles. The predicted molar refractivity (Wildman–Crippen MR) is 612 cm³/mol. The molecule has 0 bridgehead atoms. The Kier molecular flexibility index (Phi) is 18.8. The first-order chi connectivity index (χ1) is 72.0. The van der Waals surface area contributed by atoms with Crippen LogP contribution in [0.2, 0.25) is 0 Å². The first-order valence-electron chi connectivity index (χ1n) is 48.9. The number of nitrogens with zero attached hydrogens (tertiary/aromatic N) is 11. The molecule has 11 nitrogen and oxygen atoms in total. The maximum atomic E-state index is 5.40. The highest BCUT2D eigenvalue weighted by molar-refractivity contribution is 7.28. The number of fused-ring (bicyclic) bond motifs is 37. The van der Waals surface area contributed by atoms with Gasteiger partial charge in [0.15, 0.2) is 11.6 Å². The zero-order valence-electron chi connectivity index (χ0n) is 77.8. The highest BCUT2D eigenvalue weighted by atomic mass is 32.1. The number of rotatable bonds is 10. The van der Waals surface area contributed by atoms with Gasteiger partial charge >= 0.3 is 0 Å². The summed E-state index contributed by atoms with van der Waals surface area (Å²) in [5.41, 5.74) is 26.8. The number of hydrogen-bond acceptors (Lipinski definition) is 8. The van der Waals surface area contributed by atoms with Crippen molar-refractivity contribution in [3.63, 3.8) is 0 Å². The van der Waals surface area contributed by atoms with Crippen molar-refractivity contribution >= 4 is 236 Å². The van der Waals surface area contributed by atoms with E-state index in [1.54, 1.807) is 0 Å². The fourth-order valence-electron chi connectivity index (χ4n) is 23.3. The quantitative estimate of drug-likeness (QED) is 0.136. The molecule has 145 heavy (non-hydrogen) atoms. The summed E-state index contributed by atoms with van der Waals surface area (Å²) in [6.07, 6.45) is 3.82. The molecule has 0 unspecified atom stereocenters. The Morgan fingerprint density at radius 2 is 0.490 bits per heavy atom. The number of pyridine rings is 1. The van der Waals surface area contributed by atoms with E-state index in [1.165, 1.54) is 186 Å². The summed E-state index contributed by atoms with van der Waals surface area (Å²) in [5, 5.41) is 23.8. The van der Waals surface area contributed by atoms with Crippen molar-refractivity contribution in [1.29, 1.82) is 0 Å². The van der Waals surface area contributed by atoms with Crippen molar-refractivity contribution < 1.29 is 0 Å². The number of benzene rings is 20. The maximum Gasteiger partial charge on any atom is 0.162 e. The van der Waals surface area contributed by atoms with E-state index in [0.717, 1.165) is 90.0 Å². The van der Waals surface area contributed by atoms with Gasteiger partial charge in [0.1, 0.15) is 5.82 Å². The van der Waals surface area contributed by atoms with Gasteiger partial charge in [0.05, 0.1) is 109 Å². The lowest BCUT2D eigenvalue weighted by atomic mass is 10.0. The standard InChI is InChI=1S/C50H30N4S.C46H28N4S.C35H21N3S/c1-4-16-31(17-5-1)46-38-30-34(28-29-39(38)51-50(52-46)32-18-6-2-7-19-32)54-40-25-13-10-22-35(40)43-44-37-24-12-15-27-42(37)55-49(44)48-45(47(43)54)36-23-11-14-26-41(36)53(48)33-20-8-3-9-21-33;1-4-16-29(17-5-1)35-28-39(48-46(47-35)30-18-6-2-7-19-30)50-37-26-14-10-22-32(37)40-41-34-24-12-15-27-38(34)51-45(41)44-42(43(40)50)33-23-11-13-25-36(33)49(44)31-20-8-3-9-21-31;1-2-11-22(12-3-1)37-28-18-8-5-15-25(28)32-33-30(31-26-16-6-9-19-29(26)39-35(31)34(32)37)24-14-4-7-17-27(24)38(33)23-13-10-20-36-21-23/h1-30H;1-28H;1-21H. The summed E-state index contributed by atoms with van der Waals surface area (Å²) in [4.78, 5) is 25.5. The van der Waals surface area contributed by atoms with Crippen LogP contribution in [0.1, 0.15) is 0 Å². The van der Waals surface area contributed by atoms with E-state index in [-0.39, 0.29) is 0 Å². The summed E-state index contributed by atoms with van der Waals surface area (Å²) >= 11 is 5.69. The normalized spacial score (nSPS) is 12.0. The molecule has 0 atom stereocenters. The van der Waals surface area contributed by atoms with Gasteiger partial charge in [-0.1, -0.05) is 340 Å². The molecular formula is C131H79N11S3. The van der Waals surface area contributed by atoms with E-state index in [4.69, 9.17) is 19.9 Å². The lowest BCUT2D eigenvalue weighted by molar-refractivity contribution is 1.05. The van der Waals surface area contributed by atoms with Crippen LogP contribution < -0.4 is 0 Å². The van der Waals surface area contributed by atoms with Crippen molar-refractivity contribution in [3.05, 3.63) is 480 Å². The molecule has 0 aliphatic rings. The third-order valence-electron chi connectivity index (χ3n) is 29.1. The molecule has 0 fully saturated rings. The van der Waals surface area contributed by atoms with E-state index >= 15 is 0 Å². The topological polar surface area (TPSA) is 94.0 Å². The minimum Gasteiger partial charge on any atom is -0.308 e. The van der Waals surface area contributed by atoms with Crippen LogP contribution in [0, 0.1) is 0 Å². The van der Waals surface area contributed by atoms with Crippen molar-refractivity contribution in [2.45, 2.75) is 0 Å². The molecule has 0 N–H and O–H groups in total. The fourth-order valence-corrected chi connectivity index (χ4v) is 27.0. The van der Waals surface area contributed by atoms with Crippen molar-refractivity contribution in [1.82, 2.24) is 52.3 Å². The first-order valence-corrected chi connectivity index (χ1v) is 51.4. The van der Waals surface area contributed by atoms with Crippen molar-refractivity contribution in [2.24, 2.45) is 0 Å². The summed E-state index contributed by atoms with van der Waals surface area (Å²) in [7, 11) is 0. The summed E-state index contributed by atoms with van der Waals surface area (Å²) < 4.78 is 22.5. The molecule has 20 aromatic carbocycles. The monoisotopic (exact) mass is 1900 g/mol. The molecule has 0 radical (unpaired) electrons. The Labute approximate surface area is 841 Å². The highest BCUT2D eigenvalue weighted by Gasteiger charge is 2.33. The van der Waals surface area contributed by atoms with Crippen LogP contribution in [-0.2, 0) is 0 Å². The minimum absolute atomic E-state index is 0.697. The average Bonchev–Trinajstić information content (AvgIpc) is 1.52. The van der Waals surface area contributed by atoms with E-state index in [2.05, 4.69) is 463 Å². The molecule has 32 aromatic rings. The Bertz CT molecular complexity index is 10900. The third kappa shape index (κ3) is 12.6. The molecule has 14 heteroatoms. The molecule has 0 amide bonds. The van der Waals surface area contributed by atoms with Gasteiger partial charge < -0.3 is 22.8 Å². The predicted octanol–water partition coefficient (Wildman–Crippen LogP) is 35.5. The maximum absolute atomic E-state index is 5.40. The second-order valence-electron chi connectivity index (χ2n) is 37.1. The zero-order chi connectivity index (χ0) is 95.0. The van der Waals surface area contributed by atoms with E-state index in [0.29, 0.717) is 5.82 Å². The van der Waals surface area contributed by atoms with E-state index in [1.807, 2.05) is 82.8 Å². The molecule has 676 valence electrons. The molecule has 12 aromatic heterocycles. The van der Waals surface area contributed by atoms with Gasteiger partial charge in [-0.05, 0) is 121 Å². The lowest BCUT2D eigenvalue weighted by Gasteiger charge is -2.14. The van der Waals surface area contributed by atoms with Crippen LogP contribution in [0.25, 0.3) is 282 Å². The summed E-state index contributed by atoms with van der Waals surface area (Å²) in [5.74, 6) is 2.26. The smallest absolute Gasteiger partial charge is 0.162 e. The lowest BCUT2D eigenvalue weighted by Crippen LogP contribution is -2.03. The molecule has 0 aliphatic carbocycles. The highest BCUT2D eigenvalue weighted by Crippen LogP contribution is 2.57. The third-order valence-corrected chi connectivity index (χ3v) is 32.7. The average molecular weight is 1900 g/mol. The zero-order valence-corrected chi connectivity index (χ0v) is 80.2. The second-order valence-corrected chi connectivity index (χ2v) is 40.2. The SMILES string of the molecule is c1ccc(-c2cc(-n3c4ccccc4c4c5c6ccccc6sc5c5c(c6ccccc6n5-c5ccccc5)c43)nc(-c3ccccc3)n2)cc1.c1ccc(-c2nc(-c3ccccc3)c3cc(-n4c5ccccc5c5c6c7ccccc7sc6c6c(c7ccccc7n6-c6ccccc6)c54)ccc3n2)cc1.c1ccc(-n2c3ccccc3c3c2c2sc4ccccc4c2c2c4ccccc4n(-c4cccnc4)c23)cc1. The first kappa shape index (κ1) is 82.3. The van der Waals surface area contributed by atoms with Gasteiger partial charge in [-0.15, -0.1) is 34.0 Å². The molecule has 32 rings (SSSR count). The fraction of sp³-hybridized carbons (Fsp3) is 0.